The molecule has 17 nitrogen and oxygen atoms in total. The van der Waals surface area contributed by atoms with Gasteiger partial charge in [0.15, 0.2) is 12.2 Å². The van der Waals surface area contributed by atoms with Gasteiger partial charge in [-0.25, -0.2) is 9.13 Å². The Morgan fingerprint density at radius 3 is 0.800 bits per heavy atom. The van der Waals surface area contributed by atoms with Crippen LogP contribution in [0.1, 0.15) is 389 Å². The molecular formula is C76H148O17P2. The Hall–Kier alpha value is -1.94. The van der Waals surface area contributed by atoms with Crippen LogP contribution in [0.25, 0.3) is 0 Å². The maximum Gasteiger partial charge on any atom is 0.472 e. The molecule has 0 bridgehead atoms. The van der Waals surface area contributed by atoms with Gasteiger partial charge in [-0.15, -0.1) is 0 Å². The molecule has 0 aliphatic carbocycles. The van der Waals surface area contributed by atoms with E-state index in [1.807, 2.05) is 0 Å². The molecule has 0 aromatic heterocycles. The van der Waals surface area contributed by atoms with E-state index in [-0.39, 0.29) is 25.7 Å². The van der Waals surface area contributed by atoms with Gasteiger partial charge in [-0.05, 0) is 43.4 Å². The second-order valence-corrected chi connectivity index (χ2v) is 31.5. The lowest BCUT2D eigenvalue weighted by Crippen LogP contribution is -2.30. The first-order valence-electron chi connectivity index (χ1n) is 39.4. The van der Waals surface area contributed by atoms with Crippen LogP contribution < -0.4 is 0 Å². The predicted octanol–water partition coefficient (Wildman–Crippen LogP) is 22.2. The maximum absolute atomic E-state index is 13.1. The quantitative estimate of drug-likeness (QED) is 0.0222. The molecule has 564 valence electrons. The van der Waals surface area contributed by atoms with E-state index in [1.54, 1.807) is 0 Å². The number of carbonyl (C=O) groups is 4. The fourth-order valence-electron chi connectivity index (χ4n) is 11.6. The van der Waals surface area contributed by atoms with E-state index in [2.05, 4.69) is 48.5 Å². The lowest BCUT2D eigenvalue weighted by molar-refractivity contribution is -0.161. The summed E-state index contributed by atoms with van der Waals surface area (Å²) in [7, 11) is -9.91. The molecule has 0 fully saturated rings. The van der Waals surface area contributed by atoms with Crippen molar-refractivity contribution < 1.29 is 80.2 Å². The van der Waals surface area contributed by atoms with E-state index in [0.717, 1.165) is 108 Å². The first-order chi connectivity index (χ1) is 45.8. The molecule has 19 heteroatoms. The second-order valence-electron chi connectivity index (χ2n) is 28.6. The average molecular weight is 1400 g/mol. The van der Waals surface area contributed by atoms with Crippen LogP contribution in [0.15, 0.2) is 0 Å². The van der Waals surface area contributed by atoms with Crippen molar-refractivity contribution in [2.24, 2.45) is 17.8 Å². The summed E-state index contributed by atoms with van der Waals surface area (Å²) >= 11 is 0. The molecule has 0 amide bonds. The zero-order chi connectivity index (χ0) is 70.1. The van der Waals surface area contributed by atoms with Gasteiger partial charge in [0.05, 0.1) is 26.4 Å². The summed E-state index contributed by atoms with van der Waals surface area (Å²) in [5, 5.41) is 10.6. The molecular weight excluding hydrogens is 1250 g/mol. The first-order valence-corrected chi connectivity index (χ1v) is 42.4. The fraction of sp³-hybridized carbons (Fsp3) is 0.947. The predicted molar refractivity (Wildman–Crippen MR) is 386 cm³/mol. The van der Waals surface area contributed by atoms with Gasteiger partial charge in [-0.3, -0.25) is 37.3 Å². The van der Waals surface area contributed by atoms with Gasteiger partial charge in [0.25, 0.3) is 0 Å². The zero-order valence-electron chi connectivity index (χ0n) is 62.1. The highest BCUT2D eigenvalue weighted by atomic mass is 31.2. The van der Waals surface area contributed by atoms with Crippen molar-refractivity contribution in [1.82, 2.24) is 0 Å². The number of hydrogen-bond acceptors (Lipinski definition) is 15. The van der Waals surface area contributed by atoms with Crippen LogP contribution in [0, 0.1) is 17.8 Å². The maximum atomic E-state index is 13.1. The molecule has 0 spiro atoms. The van der Waals surface area contributed by atoms with Gasteiger partial charge in [-0.1, -0.05) is 337 Å². The Balaban J connectivity index is 5.17. The number of aliphatic hydroxyl groups is 1. The molecule has 3 unspecified atom stereocenters. The monoisotopic (exact) mass is 1400 g/mol. The van der Waals surface area contributed by atoms with Gasteiger partial charge in [0, 0.05) is 25.7 Å². The van der Waals surface area contributed by atoms with Crippen molar-refractivity contribution in [2.45, 2.75) is 407 Å². The van der Waals surface area contributed by atoms with Crippen LogP contribution in [0.4, 0.5) is 0 Å². The Bertz CT molecular complexity index is 1850. The SMILES string of the molecule is CCCCCCCCCCCCCCC(=O)OC[C@H](COP(=O)(O)OC[C@@H](O)COP(=O)(O)OC[C@@H](COC(=O)CCCCCCCCCC(C)C)OC(=O)CCCCCCCCCCC(C)C)OC(=O)CCCCCCCCCCCCCCCCCCCCC(C)CC. The topological polar surface area (TPSA) is 237 Å². The minimum atomic E-state index is -4.96. The molecule has 95 heavy (non-hydrogen) atoms. The number of ether oxygens (including phenoxy) is 4. The van der Waals surface area contributed by atoms with Crippen molar-refractivity contribution >= 4 is 39.5 Å². The van der Waals surface area contributed by atoms with Crippen LogP contribution in [0.5, 0.6) is 0 Å². The van der Waals surface area contributed by atoms with Crippen molar-refractivity contribution in [1.29, 1.82) is 0 Å². The first kappa shape index (κ1) is 93.1. The number of unbranched alkanes of at least 4 members (excludes halogenated alkanes) is 41. The van der Waals surface area contributed by atoms with Crippen LogP contribution in [0.2, 0.25) is 0 Å². The van der Waals surface area contributed by atoms with E-state index in [9.17, 15) is 43.2 Å². The Morgan fingerprint density at radius 2 is 0.537 bits per heavy atom. The fourth-order valence-corrected chi connectivity index (χ4v) is 13.1. The highest BCUT2D eigenvalue weighted by Crippen LogP contribution is 2.45. The van der Waals surface area contributed by atoms with E-state index in [1.165, 1.54) is 193 Å². The van der Waals surface area contributed by atoms with Crippen LogP contribution in [-0.2, 0) is 65.4 Å². The lowest BCUT2D eigenvalue weighted by Gasteiger charge is -2.21. The molecule has 0 aromatic carbocycles. The zero-order valence-corrected chi connectivity index (χ0v) is 63.9. The molecule has 3 N–H and O–H groups in total. The van der Waals surface area contributed by atoms with Gasteiger partial charge in [-0.2, -0.15) is 0 Å². The van der Waals surface area contributed by atoms with Crippen LogP contribution in [0.3, 0.4) is 0 Å². The average Bonchev–Trinajstić information content (AvgIpc) is 1.25. The molecule has 6 atom stereocenters. The number of rotatable bonds is 74. The number of aliphatic hydroxyl groups excluding tert-OH is 1. The van der Waals surface area contributed by atoms with Gasteiger partial charge in [0.1, 0.15) is 19.3 Å². The van der Waals surface area contributed by atoms with Crippen molar-refractivity contribution in [3.63, 3.8) is 0 Å². The molecule has 0 heterocycles. The molecule has 0 saturated carbocycles. The Labute approximate surface area is 581 Å². The highest BCUT2D eigenvalue weighted by Gasteiger charge is 2.30. The van der Waals surface area contributed by atoms with E-state index in [0.29, 0.717) is 31.6 Å². The smallest absolute Gasteiger partial charge is 0.462 e. The summed E-state index contributed by atoms with van der Waals surface area (Å²) < 4.78 is 68.4. The summed E-state index contributed by atoms with van der Waals surface area (Å²) in [4.78, 5) is 72.7. The summed E-state index contributed by atoms with van der Waals surface area (Å²) in [6, 6.07) is 0. The standard InChI is InChI=1S/C76H148O17P2/c1-8-10-11-12-13-14-15-25-28-36-43-50-57-73(78)86-63-71(92-75(80)59-52-45-37-29-26-23-21-19-17-16-18-20-22-24-27-35-42-49-56-69(7)9-2)65-90-94(82,83)88-61-70(77)62-89-95(84,85)91-66-72(64-87-74(79)58-51-44-39-32-34-41-48-55-68(5)6)93-76(81)60-53-46-38-31-30-33-40-47-54-67(3)4/h67-72,77H,8-66H2,1-7H3,(H,82,83)(H,84,85)/t69?,70-,71-,72-/m1/s1. The minimum Gasteiger partial charge on any atom is -0.462 e. The molecule has 0 radical (unpaired) electrons. The summed E-state index contributed by atoms with van der Waals surface area (Å²) in [6.45, 7) is 11.9. The summed E-state index contributed by atoms with van der Waals surface area (Å²) in [5.41, 5.74) is 0. The van der Waals surface area contributed by atoms with Gasteiger partial charge < -0.3 is 33.8 Å². The van der Waals surface area contributed by atoms with Crippen molar-refractivity contribution in [3.8, 4) is 0 Å². The van der Waals surface area contributed by atoms with E-state index < -0.39 is 97.5 Å². The van der Waals surface area contributed by atoms with Crippen molar-refractivity contribution in [2.75, 3.05) is 39.6 Å². The lowest BCUT2D eigenvalue weighted by atomic mass is 9.99. The van der Waals surface area contributed by atoms with Gasteiger partial charge in [0.2, 0.25) is 0 Å². The Kier molecular flexibility index (Phi) is 65.2. The normalized spacial score (nSPS) is 14.4. The molecule has 0 aliphatic heterocycles. The molecule has 0 aliphatic rings. The third-order valence-electron chi connectivity index (χ3n) is 18.0. The number of hydrogen-bond donors (Lipinski definition) is 3. The van der Waals surface area contributed by atoms with Gasteiger partial charge >= 0.3 is 39.5 Å². The number of esters is 4. The molecule has 0 rings (SSSR count). The van der Waals surface area contributed by atoms with E-state index >= 15 is 0 Å². The van der Waals surface area contributed by atoms with Crippen LogP contribution in [-0.4, -0.2) is 96.7 Å². The van der Waals surface area contributed by atoms with Crippen LogP contribution >= 0.6 is 15.6 Å². The summed E-state index contributed by atoms with van der Waals surface area (Å²) in [5.74, 6) is 0.173. The molecule has 0 aromatic rings. The third-order valence-corrected chi connectivity index (χ3v) is 19.9. The largest absolute Gasteiger partial charge is 0.472 e. The van der Waals surface area contributed by atoms with E-state index in [4.69, 9.17) is 37.0 Å². The number of phosphoric ester groups is 2. The van der Waals surface area contributed by atoms with Crippen molar-refractivity contribution in [3.05, 3.63) is 0 Å². The third kappa shape index (κ3) is 69.0. The summed E-state index contributed by atoms with van der Waals surface area (Å²) in [6.07, 6.45) is 52.9. The number of phosphoric acid groups is 2. The highest BCUT2D eigenvalue weighted by molar-refractivity contribution is 7.47. The Morgan fingerprint density at radius 1 is 0.305 bits per heavy atom. The number of carbonyl (C=O) groups excluding carboxylic acids is 4. The minimum absolute atomic E-state index is 0.104. The molecule has 0 saturated heterocycles. The second kappa shape index (κ2) is 66.6.